The van der Waals surface area contributed by atoms with Gasteiger partial charge in [0.05, 0.1) is 12.5 Å². The van der Waals surface area contributed by atoms with Gasteiger partial charge in [-0.2, -0.15) is 0 Å². The molecule has 1 N–H and O–H groups in total. The molecule has 21 heavy (non-hydrogen) atoms. The number of methoxy groups -OCH3 is 1. The molecule has 3 rings (SSSR count). The number of hydrogen-bond acceptors (Lipinski definition) is 4. The van der Waals surface area contributed by atoms with E-state index in [1.807, 2.05) is 31.2 Å². The number of phenolic OH excluding ortho intramolecular Hbond substituents is 1. The minimum absolute atomic E-state index is 0.137. The minimum Gasteiger partial charge on any atom is -0.502 e. The second-order valence-corrected chi connectivity index (χ2v) is 4.83. The zero-order valence-corrected chi connectivity index (χ0v) is 11.7. The highest BCUT2D eigenvalue weighted by molar-refractivity contribution is 5.86. The van der Waals surface area contributed by atoms with Crippen molar-refractivity contribution in [2.75, 3.05) is 7.11 Å². The van der Waals surface area contributed by atoms with E-state index in [9.17, 15) is 9.90 Å². The first-order valence-electron chi connectivity index (χ1n) is 6.51. The standard InChI is InChI=1S/C17H14O4/c1-10-3-5-11(6-4-10)15-9-13(18)12-7-8-14(20-2)16(19)17(12)21-15/h3-9,19H,1-2H3. The van der Waals surface area contributed by atoms with Gasteiger partial charge in [0.1, 0.15) is 5.76 Å². The highest BCUT2D eigenvalue weighted by Crippen LogP contribution is 2.35. The average molecular weight is 282 g/mol. The molecule has 0 atom stereocenters. The van der Waals surface area contributed by atoms with Crippen LogP contribution >= 0.6 is 0 Å². The number of hydrogen-bond donors (Lipinski definition) is 1. The largest absolute Gasteiger partial charge is 0.502 e. The molecule has 0 amide bonds. The predicted octanol–water partition coefficient (Wildman–Crippen LogP) is 3.48. The Balaban J connectivity index is 2.28. The molecule has 0 radical (unpaired) electrons. The predicted molar refractivity (Wildman–Crippen MR) is 80.9 cm³/mol. The van der Waals surface area contributed by atoms with Crippen molar-refractivity contribution in [2.45, 2.75) is 6.92 Å². The summed E-state index contributed by atoms with van der Waals surface area (Å²) in [5.74, 6) is 0.517. The lowest BCUT2D eigenvalue weighted by molar-refractivity contribution is 0.371. The van der Waals surface area contributed by atoms with E-state index in [1.54, 1.807) is 12.1 Å². The van der Waals surface area contributed by atoms with Crippen LogP contribution in [0.2, 0.25) is 0 Å². The summed E-state index contributed by atoms with van der Waals surface area (Å²) in [5, 5.41) is 10.5. The van der Waals surface area contributed by atoms with Crippen molar-refractivity contribution in [1.29, 1.82) is 0 Å². The quantitative estimate of drug-likeness (QED) is 0.781. The van der Waals surface area contributed by atoms with E-state index in [0.717, 1.165) is 11.1 Å². The van der Waals surface area contributed by atoms with E-state index in [2.05, 4.69) is 0 Å². The van der Waals surface area contributed by atoms with Gasteiger partial charge in [0.25, 0.3) is 0 Å². The number of benzene rings is 2. The van der Waals surface area contributed by atoms with Gasteiger partial charge in [-0.05, 0) is 19.1 Å². The summed E-state index contributed by atoms with van der Waals surface area (Å²) in [6.45, 7) is 1.98. The van der Waals surface area contributed by atoms with E-state index in [-0.39, 0.29) is 22.5 Å². The van der Waals surface area contributed by atoms with E-state index < -0.39 is 0 Å². The average Bonchev–Trinajstić information content (AvgIpc) is 2.49. The maximum Gasteiger partial charge on any atom is 0.202 e. The number of aromatic hydroxyl groups is 1. The number of rotatable bonds is 2. The number of phenols is 1. The summed E-state index contributed by atoms with van der Waals surface area (Å²) in [6, 6.07) is 12.2. The van der Waals surface area contributed by atoms with Crippen LogP contribution < -0.4 is 10.2 Å². The molecule has 4 nitrogen and oxygen atoms in total. The fraction of sp³-hybridized carbons (Fsp3) is 0.118. The number of aryl methyl sites for hydroxylation is 1. The van der Waals surface area contributed by atoms with Gasteiger partial charge in [-0.1, -0.05) is 29.8 Å². The summed E-state index contributed by atoms with van der Waals surface area (Å²) in [5.41, 5.74) is 1.83. The topological polar surface area (TPSA) is 59.7 Å². The van der Waals surface area contributed by atoms with Crippen molar-refractivity contribution in [3.8, 4) is 22.8 Å². The van der Waals surface area contributed by atoms with Crippen LogP contribution in [-0.2, 0) is 0 Å². The molecule has 4 heteroatoms. The van der Waals surface area contributed by atoms with Crippen molar-refractivity contribution in [2.24, 2.45) is 0 Å². The van der Waals surface area contributed by atoms with Gasteiger partial charge in [0.15, 0.2) is 16.8 Å². The smallest absolute Gasteiger partial charge is 0.202 e. The zero-order chi connectivity index (χ0) is 15.0. The van der Waals surface area contributed by atoms with E-state index in [0.29, 0.717) is 11.1 Å². The first-order valence-corrected chi connectivity index (χ1v) is 6.51. The first kappa shape index (κ1) is 13.2. The van der Waals surface area contributed by atoms with Crippen LogP contribution in [0.5, 0.6) is 11.5 Å². The monoisotopic (exact) mass is 282 g/mol. The highest BCUT2D eigenvalue weighted by atomic mass is 16.5. The van der Waals surface area contributed by atoms with Crippen molar-refractivity contribution < 1.29 is 14.3 Å². The van der Waals surface area contributed by atoms with Crippen molar-refractivity contribution in [1.82, 2.24) is 0 Å². The molecule has 1 heterocycles. The molecule has 106 valence electrons. The van der Waals surface area contributed by atoms with Crippen molar-refractivity contribution in [3.63, 3.8) is 0 Å². The van der Waals surface area contributed by atoms with E-state index in [4.69, 9.17) is 9.15 Å². The van der Waals surface area contributed by atoms with Crippen LogP contribution in [0, 0.1) is 6.92 Å². The van der Waals surface area contributed by atoms with Crippen molar-refractivity contribution in [3.05, 3.63) is 58.3 Å². The molecule has 0 fully saturated rings. The van der Waals surface area contributed by atoms with Crippen LogP contribution in [0.3, 0.4) is 0 Å². The SMILES string of the molecule is COc1ccc2c(=O)cc(-c3ccc(C)cc3)oc2c1O. The Morgan fingerprint density at radius 1 is 1.10 bits per heavy atom. The minimum atomic E-state index is -0.204. The molecule has 0 unspecified atom stereocenters. The molecule has 0 saturated carbocycles. The third-order valence-electron chi connectivity index (χ3n) is 3.39. The van der Waals surface area contributed by atoms with Gasteiger partial charge in [-0.25, -0.2) is 0 Å². The Bertz CT molecular complexity index is 860. The lowest BCUT2D eigenvalue weighted by Crippen LogP contribution is -2.01. The summed E-state index contributed by atoms with van der Waals surface area (Å²) >= 11 is 0. The molecule has 3 aromatic rings. The molecule has 2 aromatic carbocycles. The Labute approximate surface area is 121 Å². The number of fused-ring (bicyclic) bond motifs is 1. The normalized spacial score (nSPS) is 10.8. The molecular weight excluding hydrogens is 268 g/mol. The van der Waals surface area contributed by atoms with Crippen LogP contribution in [0.25, 0.3) is 22.3 Å². The highest BCUT2D eigenvalue weighted by Gasteiger charge is 2.13. The van der Waals surface area contributed by atoms with Crippen LogP contribution in [0.4, 0.5) is 0 Å². The van der Waals surface area contributed by atoms with Gasteiger partial charge in [0, 0.05) is 11.6 Å². The summed E-state index contributed by atoms with van der Waals surface area (Å²) in [7, 11) is 1.45. The van der Waals surface area contributed by atoms with Gasteiger partial charge in [-0.3, -0.25) is 4.79 Å². The molecule has 0 aliphatic rings. The van der Waals surface area contributed by atoms with Crippen LogP contribution in [0.15, 0.2) is 51.7 Å². The maximum atomic E-state index is 12.2. The summed E-state index contributed by atoms with van der Waals surface area (Å²) in [4.78, 5) is 12.2. The van der Waals surface area contributed by atoms with E-state index >= 15 is 0 Å². The fourth-order valence-corrected chi connectivity index (χ4v) is 2.21. The van der Waals surface area contributed by atoms with Gasteiger partial charge >= 0.3 is 0 Å². The van der Waals surface area contributed by atoms with Gasteiger partial charge in [0.2, 0.25) is 5.75 Å². The Morgan fingerprint density at radius 3 is 2.48 bits per heavy atom. The second-order valence-electron chi connectivity index (χ2n) is 4.83. The molecule has 0 aliphatic heterocycles. The maximum absolute atomic E-state index is 12.2. The van der Waals surface area contributed by atoms with Crippen molar-refractivity contribution >= 4 is 11.0 Å². The first-order chi connectivity index (χ1) is 10.1. The Hall–Kier alpha value is -2.75. The van der Waals surface area contributed by atoms with Crippen LogP contribution in [-0.4, -0.2) is 12.2 Å². The summed E-state index contributed by atoms with van der Waals surface area (Å²) < 4.78 is 10.8. The zero-order valence-electron chi connectivity index (χ0n) is 11.7. The lowest BCUT2D eigenvalue weighted by Gasteiger charge is -2.07. The fourth-order valence-electron chi connectivity index (χ4n) is 2.21. The Morgan fingerprint density at radius 2 is 1.81 bits per heavy atom. The molecular formula is C17H14O4. The van der Waals surface area contributed by atoms with Crippen LogP contribution in [0.1, 0.15) is 5.56 Å². The molecule has 0 aliphatic carbocycles. The molecule has 0 spiro atoms. The third kappa shape index (κ3) is 2.25. The van der Waals surface area contributed by atoms with E-state index in [1.165, 1.54) is 13.2 Å². The molecule has 0 saturated heterocycles. The number of ether oxygens (including phenoxy) is 1. The summed E-state index contributed by atoms with van der Waals surface area (Å²) in [6.07, 6.45) is 0. The van der Waals surface area contributed by atoms with Gasteiger partial charge < -0.3 is 14.3 Å². The molecule has 1 aromatic heterocycles. The third-order valence-corrected chi connectivity index (χ3v) is 3.39. The molecule has 0 bridgehead atoms. The Kier molecular flexibility index (Phi) is 3.14. The lowest BCUT2D eigenvalue weighted by atomic mass is 10.1. The second kappa shape index (κ2) is 4.98. The van der Waals surface area contributed by atoms with Gasteiger partial charge in [-0.15, -0.1) is 0 Å².